The Balaban J connectivity index is 2.98. The van der Waals surface area contributed by atoms with Gasteiger partial charge in [-0.25, -0.2) is 0 Å². The van der Waals surface area contributed by atoms with Crippen molar-refractivity contribution in [1.29, 1.82) is 0 Å². The molecule has 0 amide bonds. The van der Waals surface area contributed by atoms with Crippen molar-refractivity contribution in [3.05, 3.63) is 29.3 Å². The van der Waals surface area contributed by atoms with E-state index in [9.17, 15) is 0 Å². The first-order valence-electron chi connectivity index (χ1n) is 4.75. The molecule has 1 aromatic carbocycles. The van der Waals surface area contributed by atoms with E-state index in [1.807, 2.05) is 18.2 Å². The summed E-state index contributed by atoms with van der Waals surface area (Å²) in [7, 11) is 3.22. The van der Waals surface area contributed by atoms with Gasteiger partial charge in [0.2, 0.25) is 0 Å². The van der Waals surface area contributed by atoms with Crippen LogP contribution in [0.2, 0.25) is 0 Å². The number of ether oxygens (including phenoxy) is 2. The van der Waals surface area contributed by atoms with E-state index in [-0.39, 0.29) is 6.61 Å². The Morgan fingerprint density at radius 2 is 2.13 bits per heavy atom. The average molecular weight is 211 g/mol. The molecule has 0 heterocycles. The summed E-state index contributed by atoms with van der Waals surface area (Å²) >= 11 is 0. The molecule has 0 aliphatic rings. The third kappa shape index (κ3) is 2.92. The average Bonchev–Trinajstić information content (AvgIpc) is 2.28. The predicted molar refractivity (Wildman–Crippen MR) is 57.7 cm³/mol. The Morgan fingerprint density at radius 3 is 2.67 bits per heavy atom. The molecule has 0 saturated heterocycles. The Bertz CT molecular complexity index is 315. The molecule has 84 valence electrons. The standard InChI is InChI=1S/C11H17NO3/c1-14-7-8-3-4-9(10(12)6-13)11(5-8)15-2/h3-5,10,13H,6-7,12H2,1-2H3. The molecular weight excluding hydrogens is 194 g/mol. The highest BCUT2D eigenvalue weighted by atomic mass is 16.5. The topological polar surface area (TPSA) is 64.7 Å². The number of methoxy groups -OCH3 is 2. The van der Waals surface area contributed by atoms with Crippen molar-refractivity contribution in [3.8, 4) is 5.75 Å². The van der Waals surface area contributed by atoms with Gasteiger partial charge < -0.3 is 20.3 Å². The Kier molecular flexibility index (Phi) is 4.55. The fourth-order valence-corrected chi connectivity index (χ4v) is 1.42. The summed E-state index contributed by atoms with van der Waals surface area (Å²) in [4.78, 5) is 0. The zero-order valence-corrected chi connectivity index (χ0v) is 9.06. The largest absolute Gasteiger partial charge is 0.496 e. The third-order valence-electron chi connectivity index (χ3n) is 2.21. The van der Waals surface area contributed by atoms with E-state index in [2.05, 4.69) is 0 Å². The molecule has 1 atom stereocenters. The SMILES string of the molecule is COCc1ccc(C(N)CO)c(OC)c1. The van der Waals surface area contributed by atoms with Crippen LogP contribution in [0.5, 0.6) is 5.75 Å². The van der Waals surface area contributed by atoms with Crippen molar-refractivity contribution in [2.24, 2.45) is 5.73 Å². The van der Waals surface area contributed by atoms with Crippen molar-refractivity contribution >= 4 is 0 Å². The lowest BCUT2D eigenvalue weighted by atomic mass is 10.0. The number of rotatable bonds is 5. The Morgan fingerprint density at radius 1 is 1.40 bits per heavy atom. The molecular formula is C11H17NO3. The molecule has 1 rings (SSSR count). The number of aliphatic hydroxyl groups excluding tert-OH is 1. The molecule has 1 aromatic rings. The monoisotopic (exact) mass is 211 g/mol. The van der Waals surface area contributed by atoms with Gasteiger partial charge in [-0.15, -0.1) is 0 Å². The number of benzene rings is 1. The Labute approximate surface area is 89.6 Å². The quantitative estimate of drug-likeness (QED) is 0.757. The molecule has 0 aliphatic carbocycles. The van der Waals surface area contributed by atoms with E-state index in [1.165, 1.54) is 0 Å². The molecule has 1 unspecified atom stereocenters. The second-order valence-corrected chi connectivity index (χ2v) is 3.30. The van der Waals surface area contributed by atoms with Crippen LogP contribution in [0.1, 0.15) is 17.2 Å². The van der Waals surface area contributed by atoms with Gasteiger partial charge in [0, 0.05) is 12.7 Å². The van der Waals surface area contributed by atoms with Gasteiger partial charge in [0.05, 0.1) is 26.4 Å². The van der Waals surface area contributed by atoms with Crippen LogP contribution in [0.3, 0.4) is 0 Å². The van der Waals surface area contributed by atoms with Crippen LogP contribution in [0, 0.1) is 0 Å². The first-order valence-corrected chi connectivity index (χ1v) is 4.75. The molecule has 0 bridgehead atoms. The van der Waals surface area contributed by atoms with Crippen LogP contribution in [-0.4, -0.2) is 25.9 Å². The lowest BCUT2D eigenvalue weighted by Gasteiger charge is -2.14. The van der Waals surface area contributed by atoms with Crippen LogP contribution in [0.15, 0.2) is 18.2 Å². The molecule has 3 N–H and O–H groups in total. The predicted octanol–water partition coefficient (Wildman–Crippen LogP) is 0.834. The van der Waals surface area contributed by atoms with Crippen molar-refractivity contribution in [1.82, 2.24) is 0 Å². The van der Waals surface area contributed by atoms with Gasteiger partial charge in [0.1, 0.15) is 5.75 Å². The summed E-state index contributed by atoms with van der Waals surface area (Å²) in [6.07, 6.45) is 0. The maximum absolute atomic E-state index is 8.98. The first kappa shape index (κ1) is 12.0. The summed E-state index contributed by atoms with van der Waals surface area (Å²) in [5.74, 6) is 0.686. The van der Waals surface area contributed by atoms with Gasteiger partial charge in [0.15, 0.2) is 0 Å². The number of hydrogen-bond acceptors (Lipinski definition) is 4. The summed E-state index contributed by atoms with van der Waals surface area (Å²) in [5, 5.41) is 8.98. The summed E-state index contributed by atoms with van der Waals surface area (Å²) in [6, 6.07) is 5.23. The second kappa shape index (κ2) is 5.70. The van der Waals surface area contributed by atoms with E-state index in [1.54, 1.807) is 14.2 Å². The molecule has 4 nitrogen and oxygen atoms in total. The van der Waals surface area contributed by atoms with E-state index in [0.29, 0.717) is 12.4 Å². The number of nitrogens with two attached hydrogens (primary N) is 1. The Hall–Kier alpha value is -1.10. The minimum Gasteiger partial charge on any atom is -0.496 e. The van der Waals surface area contributed by atoms with E-state index in [0.717, 1.165) is 11.1 Å². The molecule has 0 spiro atoms. The van der Waals surface area contributed by atoms with Crippen LogP contribution >= 0.6 is 0 Å². The number of hydrogen-bond donors (Lipinski definition) is 2. The summed E-state index contributed by atoms with van der Waals surface area (Å²) in [5.41, 5.74) is 7.56. The fraction of sp³-hybridized carbons (Fsp3) is 0.455. The molecule has 0 aromatic heterocycles. The van der Waals surface area contributed by atoms with Crippen molar-refractivity contribution < 1.29 is 14.6 Å². The van der Waals surface area contributed by atoms with Crippen molar-refractivity contribution in [2.45, 2.75) is 12.6 Å². The zero-order chi connectivity index (χ0) is 11.3. The highest BCUT2D eigenvalue weighted by Gasteiger charge is 2.11. The smallest absolute Gasteiger partial charge is 0.124 e. The molecule has 15 heavy (non-hydrogen) atoms. The summed E-state index contributed by atoms with van der Waals surface area (Å²) in [6.45, 7) is 0.436. The van der Waals surface area contributed by atoms with Crippen LogP contribution < -0.4 is 10.5 Å². The van der Waals surface area contributed by atoms with Gasteiger partial charge in [-0.05, 0) is 11.6 Å². The fourth-order valence-electron chi connectivity index (χ4n) is 1.42. The highest BCUT2D eigenvalue weighted by Crippen LogP contribution is 2.25. The van der Waals surface area contributed by atoms with Gasteiger partial charge in [-0.1, -0.05) is 12.1 Å². The van der Waals surface area contributed by atoms with Crippen LogP contribution in [0.25, 0.3) is 0 Å². The van der Waals surface area contributed by atoms with Crippen LogP contribution in [-0.2, 0) is 11.3 Å². The third-order valence-corrected chi connectivity index (χ3v) is 2.21. The van der Waals surface area contributed by atoms with E-state index in [4.69, 9.17) is 20.3 Å². The summed E-state index contributed by atoms with van der Waals surface area (Å²) < 4.78 is 10.2. The second-order valence-electron chi connectivity index (χ2n) is 3.30. The lowest BCUT2D eigenvalue weighted by Crippen LogP contribution is -2.15. The highest BCUT2D eigenvalue weighted by molar-refractivity contribution is 5.39. The maximum atomic E-state index is 8.98. The molecule has 0 aliphatic heterocycles. The minimum absolute atomic E-state index is 0.0972. The normalized spacial score (nSPS) is 12.5. The van der Waals surface area contributed by atoms with Crippen molar-refractivity contribution in [2.75, 3.05) is 20.8 Å². The molecule has 0 saturated carbocycles. The van der Waals surface area contributed by atoms with Gasteiger partial charge >= 0.3 is 0 Å². The van der Waals surface area contributed by atoms with Gasteiger partial charge in [0.25, 0.3) is 0 Å². The number of aliphatic hydroxyl groups is 1. The molecule has 4 heteroatoms. The molecule has 0 radical (unpaired) electrons. The van der Waals surface area contributed by atoms with Crippen molar-refractivity contribution in [3.63, 3.8) is 0 Å². The van der Waals surface area contributed by atoms with E-state index < -0.39 is 6.04 Å². The van der Waals surface area contributed by atoms with E-state index >= 15 is 0 Å². The van der Waals surface area contributed by atoms with Gasteiger partial charge in [-0.3, -0.25) is 0 Å². The van der Waals surface area contributed by atoms with Gasteiger partial charge in [-0.2, -0.15) is 0 Å². The van der Waals surface area contributed by atoms with Crippen LogP contribution in [0.4, 0.5) is 0 Å². The maximum Gasteiger partial charge on any atom is 0.124 e. The minimum atomic E-state index is -0.406. The first-order chi connectivity index (χ1) is 7.22. The zero-order valence-electron chi connectivity index (χ0n) is 9.06. The lowest BCUT2D eigenvalue weighted by molar-refractivity contribution is 0.184. The molecule has 0 fully saturated rings.